The molecule has 1 aromatic heterocycles. The molecule has 0 bridgehead atoms. The van der Waals surface area contributed by atoms with Gasteiger partial charge in [-0.15, -0.1) is 0 Å². The van der Waals surface area contributed by atoms with Crippen molar-refractivity contribution in [3.8, 4) is 0 Å². The summed E-state index contributed by atoms with van der Waals surface area (Å²) in [7, 11) is 0. The normalized spacial score (nSPS) is 11.0. The third-order valence-corrected chi connectivity index (χ3v) is 3.99. The van der Waals surface area contributed by atoms with Gasteiger partial charge in [0, 0.05) is 17.6 Å². The monoisotopic (exact) mass is 258 g/mol. The zero-order valence-corrected chi connectivity index (χ0v) is 11.6. The summed E-state index contributed by atoms with van der Waals surface area (Å²) in [6, 6.07) is 1.59. The summed E-state index contributed by atoms with van der Waals surface area (Å²) < 4.78 is 0. The molecule has 0 fully saturated rings. The Balaban J connectivity index is 2.69. The van der Waals surface area contributed by atoms with Gasteiger partial charge in [-0.1, -0.05) is 32.5 Å². The number of nitrogens with zero attached hydrogens (tertiary/aromatic N) is 1. The molecule has 0 aromatic carbocycles. The van der Waals surface area contributed by atoms with E-state index in [1.807, 2.05) is 0 Å². The van der Waals surface area contributed by atoms with Gasteiger partial charge in [-0.2, -0.15) is 11.8 Å². The van der Waals surface area contributed by atoms with Crippen LogP contribution in [0.3, 0.4) is 0 Å². The van der Waals surface area contributed by atoms with Crippen LogP contribution >= 0.6 is 23.5 Å². The molecule has 0 amide bonds. The Kier molecular flexibility index (Phi) is 5.98. The van der Waals surface area contributed by atoms with Crippen molar-refractivity contribution >= 4 is 23.5 Å². The van der Waals surface area contributed by atoms with E-state index in [-0.39, 0.29) is 5.56 Å². The number of nitrogens with one attached hydrogen (secondary N) is 1. The molecule has 90 valence electrons. The maximum absolute atomic E-state index is 11.4. The number of hydrogen-bond donors (Lipinski definition) is 1. The van der Waals surface area contributed by atoms with Crippen molar-refractivity contribution in [1.82, 2.24) is 9.97 Å². The maximum atomic E-state index is 11.4. The minimum atomic E-state index is -0.0482. The lowest BCUT2D eigenvalue weighted by Gasteiger charge is -2.05. The Morgan fingerprint density at radius 1 is 1.50 bits per heavy atom. The summed E-state index contributed by atoms with van der Waals surface area (Å²) in [5.74, 6) is 3.44. The Morgan fingerprint density at radius 2 is 2.25 bits per heavy atom. The van der Waals surface area contributed by atoms with Crippen LogP contribution in [-0.4, -0.2) is 21.5 Å². The van der Waals surface area contributed by atoms with E-state index in [9.17, 15) is 4.79 Å². The predicted octanol–water partition coefficient (Wildman–Crippen LogP) is 2.77. The molecule has 0 aliphatic carbocycles. The highest BCUT2D eigenvalue weighted by Gasteiger charge is 2.03. The molecule has 0 radical (unpaired) electrons. The van der Waals surface area contributed by atoms with Crippen LogP contribution in [0.1, 0.15) is 26.5 Å². The second kappa shape index (κ2) is 7.01. The number of thioether (sulfide) groups is 2. The van der Waals surface area contributed by atoms with Gasteiger partial charge in [0.25, 0.3) is 5.56 Å². The van der Waals surface area contributed by atoms with Crippen molar-refractivity contribution in [2.24, 2.45) is 5.92 Å². The molecule has 3 nitrogen and oxygen atoms in total. The Hall–Kier alpha value is -0.420. The van der Waals surface area contributed by atoms with Crippen molar-refractivity contribution in [3.05, 3.63) is 22.1 Å². The lowest BCUT2D eigenvalue weighted by Crippen LogP contribution is -2.10. The van der Waals surface area contributed by atoms with Gasteiger partial charge in [-0.3, -0.25) is 4.79 Å². The lowest BCUT2D eigenvalue weighted by atomic mass is 10.3. The summed E-state index contributed by atoms with van der Waals surface area (Å²) in [6.45, 7) is 6.41. The second-order valence-corrected chi connectivity index (χ2v) is 6.17. The summed E-state index contributed by atoms with van der Waals surface area (Å²) in [5.41, 5.74) is 0.829. The van der Waals surface area contributed by atoms with Gasteiger partial charge in [0.15, 0.2) is 5.16 Å². The standard InChI is InChI=1S/C11H18N2OS2/c1-4-15-7-9-5-10(14)13-11(12-9)16-6-8(2)3/h5,8H,4,6-7H2,1-3H3,(H,12,13,14). The van der Waals surface area contributed by atoms with Crippen LogP contribution in [0.15, 0.2) is 16.0 Å². The van der Waals surface area contributed by atoms with Gasteiger partial charge < -0.3 is 4.98 Å². The van der Waals surface area contributed by atoms with Crippen LogP contribution in [0.2, 0.25) is 0 Å². The fourth-order valence-electron chi connectivity index (χ4n) is 1.08. The number of H-pyrrole nitrogens is 1. The van der Waals surface area contributed by atoms with Crippen molar-refractivity contribution in [3.63, 3.8) is 0 Å². The fraction of sp³-hybridized carbons (Fsp3) is 0.636. The number of aromatic nitrogens is 2. The molecule has 0 unspecified atom stereocenters. The second-order valence-electron chi connectivity index (χ2n) is 3.88. The molecule has 0 atom stereocenters. The predicted molar refractivity (Wildman–Crippen MR) is 72.3 cm³/mol. The smallest absolute Gasteiger partial charge is 0.251 e. The third-order valence-electron chi connectivity index (χ3n) is 1.78. The van der Waals surface area contributed by atoms with Gasteiger partial charge in [0.1, 0.15) is 0 Å². The molecular weight excluding hydrogens is 240 g/mol. The van der Waals surface area contributed by atoms with Crippen LogP contribution in [0.25, 0.3) is 0 Å². The summed E-state index contributed by atoms with van der Waals surface area (Å²) in [6.07, 6.45) is 0. The molecule has 1 rings (SSSR count). The molecule has 1 aromatic rings. The zero-order chi connectivity index (χ0) is 12.0. The van der Waals surface area contributed by atoms with Crippen LogP contribution in [0.5, 0.6) is 0 Å². The quantitative estimate of drug-likeness (QED) is 0.629. The molecule has 1 heterocycles. The first kappa shape index (κ1) is 13.6. The maximum Gasteiger partial charge on any atom is 0.251 e. The van der Waals surface area contributed by atoms with Crippen LogP contribution in [0.4, 0.5) is 0 Å². The highest BCUT2D eigenvalue weighted by molar-refractivity contribution is 7.99. The van der Waals surface area contributed by atoms with E-state index in [2.05, 4.69) is 30.7 Å². The molecule has 0 saturated carbocycles. The highest BCUT2D eigenvalue weighted by atomic mass is 32.2. The van der Waals surface area contributed by atoms with Gasteiger partial charge in [-0.25, -0.2) is 4.98 Å². The van der Waals surface area contributed by atoms with Crippen molar-refractivity contribution in [1.29, 1.82) is 0 Å². The lowest BCUT2D eigenvalue weighted by molar-refractivity contribution is 0.746. The molecular formula is C11H18N2OS2. The summed E-state index contributed by atoms with van der Waals surface area (Å²) in [4.78, 5) is 18.6. The first-order chi connectivity index (χ1) is 7.61. The van der Waals surface area contributed by atoms with Crippen molar-refractivity contribution in [2.75, 3.05) is 11.5 Å². The molecule has 0 aliphatic heterocycles. The number of rotatable bonds is 6. The van der Waals surface area contributed by atoms with Gasteiger partial charge in [0.2, 0.25) is 0 Å². The molecule has 0 saturated heterocycles. The Morgan fingerprint density at radius 3 is 2.88 bits per heavy atom. The first-order valence-corrected chi connectivity index (χ1v) is 7.56. The highest BCUT2D eigenvalue weighted by Crippen LogP contribution is 2.16. The van der Waals surface area contributed by atoms with Crippen LogP contribution in [-0.2, 0) is 5.75 Å². The van der Waals surface area contributed by atoms with Gasteiger partial charge >= 0.3 is 0 Å². The first-order valence-electron chi connectivity index (χ1n) is 5.42. The zero-order valence-electron chi connectivity index (χ0n) is 9.95. The van der Waals surface area contributed by atoms with E-state index < -0.39 is 0 Å². The number of aromatic amines is 1. The van der Waals surface area contributed by atoms with Gasteiger partial charge in [-0.05, 0) is 11.7 Å². The summed E-state index contributed by atoms with van der Waals surface area (Å²) in [5, 5.41) is 0.743. The topological polar surface area (TPSA) is 45.8 Å². The van der Waals surface area contributed by atoms with Crippen molar-refractivity contribution in [2.45, 2.75) is 31.7 Å². The van der Waals surface area contributed by atoms with Crippen LogP contribution < -0.4 is 5.56 Å². The van der Waals surface area contributed by atoms with E-state index in [0.29, 0.717) is 5.92 Å². The average molecular weight is 258 g/mol. The van der Waals surface area contributed by atoms with E-state index in [1.165, 1.54) is 0 Å². The minimum absolute atomic E-state index is 0.0482. The Bertz CT molecular complexity index is 376. The minimum Gasteiger partial charge on any atom is -0.301 e. The Labute approximate surface area is 105 Å². The largest absolute Gasteiger partial charge is 0.301 e. The third kappa shape index (κ3) is 5.07. The SMILES string of the molecule is CCSCc1cc(=O)[nH]c(SCC(C)C)n1. The van der Waals surface area contributed by atoms with E-state index in [0.717, 1.165) is 28.1 Å². The van der Waals surface area contributed by atoms with Crippen LogP contribution in [0, 0.1) is 5.92 Å². The molecule has 16 heavy (non-hydrogen) atoms. The summed E-state index contributed by atoms with van der Waals surface area (Å²) >= 11 is 3.39. The van der Waals surface area contributed by atoms with Gasteiger partial charge in [0.05, 0.1) is 5.69 Å². The van der Waals surface area contributed by atoms with E-state index >= 15 is 0 Å². The molecule has 0 aliphatic rings. The average Bonchev–Trinajstić information content (AvgIpc) is 2.23. The number of hydrogen-bond acceptors (Lipinski definition) is 4. The van der Waals surface area contributed by atoms with E-state index in [4.69, 9.17) is 0 Å². The molecule has 5 heteroatoms. The van der Waals surface area contributed by atoms with E-state index in [1.54, 1.807) is 29.6 Å². The molecule has 1 N–H and O–H groups in total. The van der Waals surface area contributed by atoms with Crippen molar-refractivity contribution < 1.29 is 0 Å². The fourth-order valence-corrected chi connectivity index (χ4v) is 2.48. The molecule has 0 spiro atoms.